The monoisotopic (exact) mass is 631 g/mol. The van der Waals surface area contributed by atoms with Crippen molar-refractivity contribution in [2.45, 2.75) is 63.1 Å². The van der Waals surface area contributed by atoms with Crippen LogP contribution in [-0.2, 0) is 26.2 Å². The SMILES string of the molecule is COc1ccccc1N(CC(=O)N(Cc1ccc(Cl)cc1Cl)[C@@H](C)C(=O)NC1CCCC1)S(=O)(=O)c1ccc(C)cc1. The van der Waals surface area contributed by atoms with Gasteiger partial charge in [-0.05, 0) is 68.7 Å². The number of hydrogen-bond acceptors (Lipinski definition) is 5. The zero-order valence-corrected chi connectivity index (χ0v) is 26.2. The predicted octanol–water partition coefficient (Wildman–Crippen LogP) is 5.98. The highest BCUT2D eigenvalue weighted by Gasteiger charge is 2.34. The zero-order chi connectivity index (χ0) is 30.4. The fourth-order valence-corrected chi connectivity index (χ4v) is 6.89. The van der Waals surface area contributed by atoms with Crippen molar-refractivity contribution in [1.82, 2.24) is 10.2 Å². The molecule has 1 fully saturated rings. The van der Waals surface area contributed by atoms with Crippen LogP contribution in [0, 0.1) is 6.92 Å². The molecule has 0 aromatic heterocycles. The van der Waals surface area contributed by atoms with Crippen molar-refractivity contribution < 1.29 is 22.7 Å². The van der Waals surface area contributed by atoms with Gasteiger partial charge < -0.3 is 15.0 Å². The quantitative estimate of drug-likeness (QED) is 0.281. The number of sulfonamides is 1. The number of nitrogens with zero attached hydrogens (tertiary/aromatic N) is 2. The highest BCUT2D eigenvalue weighted by Crippen LogP contribution is 2.33. The van der Waals surface area contributed by atoms with E-state index in [0.29, 0.717) is 15.6 Å². The molecule has 2 amide bonds. The summed E-state index contributed by atoms with van der Waals surface area (Å²) in [5, 5.41) is 3.81. The van der Waals surface area contributed by atoms with Gasteiger partial charge in [-0.3, -0.25) is 13.9 Å². The van der Waals surface area contributed by atoms with Crippen molar-refractivity contribution in [1.29, 1.82) is 0 Å². The van der Waals surface area contributed by atoms with E-state index in [4.69, 9.17) is 27.9 Å². The van der Waals surface area contributed by atoms with Crippen molar-refractivity contribution in [3.8, 4) is 5.75 Å². The maximum atomic E-state index is 14.2. The summed E-state index contributed by atoms with van der Waals surface area (Å²) in [6, 6.07) is 17.0. The number of carbonyl (C=O) groups is 2. The minimum atomic E-state index is -4.22. The van der Waals surface area contributed by atoms with Crippen LogP contribution in [0.5, 0.6) is 5.75 Å². The first-order valence-corrected chi connectivity index (χ1v) is 16.0. The predicted molar refractivity (Wildman–Crippen MR) is 166 cm³/mol. The Morgan fingerprint density at radius 1 is 1.02 bits per heavy atom. The molecule has 0 aliphatic heterocycles. The molecule has 8 nitrogen and oxygen atoms in total. The van der Waals surface area contributed by atoms with Crippen molar-refractivity contribution in [3.05, 3.63) is 87.9 Å². The molecule has 1 N–H and O–H groups in total. The van der Waals surface area contributed by atoms with E-state index in [1.165, 1.54) is 24.1 Å². The van der Waals surface area contributed by atoms with E-state index in [2.05, 4.69) is 5.32 Å². The summed E-state index contributed by atoms with van der Waals surface area (Å²) >= 11 is 12.6. The molecular weight excluding hydrogens is 597 g/mol. The number of hydrogen-bond donors (Lipinski definition) is 1. The third-order valence-corrected chi connectivity index (χ3v) is 9.83. The molecule has 3 aromatic rings. The summed E-state index contributed by atoms with van der Waals surface area (Å²) in [5.74, 6) is -0.623. The second kappa shape index (κ2) is 13.8. The first-order valence-electron chi connectivity index (χ1n) is 13.8. The Hall–Kier alpha value is -3.27. The number of methoxy groups -OCH3 is 1. The van der Waals surface area contributed by atoms with Crippen molar-refractivity contribution in [3.63, 3.8) is 0 Å². The number of carbonyl (C=O) groups excluding carboxylic acids is 2. The number of benzene rings is 3. The third-order valence-electron chi connectivity index (χ3n) is 7.47. The molecule has 1 aliphatic carbocycles. The summed E-state index contributed by atoms with van der Waals surface area (Å²) in [4.78, 5) is 28.9. The lowest BCUT2D eigenvalue weighted by Crippen LogP contribution is -2.52. The van der Waals surface area contributed by atoms with E-state index in [-0.39, 0.29) is 34.8 Å². The van der Waals surface area contributed by atoms with E-state index in [0.717, 1.165) is 35.6 Å². The Bertz CT molecular complexity index is 1530. The van der Waals surface area contributed by atoms with Gasteiger partial charge in [0.2, 0.25) is 11.8 Å². The van der Waals surface area contributed by atoms with Gasteiger partial charge in [0.1, 0.15) is 18.3 Å². The van der Waals surface area contributed by atoms with Crippen molar-refractivity contribution >= 4 is 50.7 Å². The van der Waals surface area contributed by atoms with Crippen LogP contribution in [0.25, 0.3) is 0 Å². The summed E-state index contributed by atoms with van der Waals surface area (Å²) < 4.78 is 34.6. The number of halogens is 2. The molecule has 0 unspecified atom stereocenters. The van der Waals surface area contributed by atoms with Crippen molar-refractivity contribution in [2.24, 2.45) is 0 Å². The molecule has 11 heteroatoms. The Labute approximate surface area is 257 Å². The average Bonchev–Trinajstić information content (AvgIpc) is 3.48. The molecule has 0 saturated heterocycles. The Balaban J connectivity index is 1.73. The first kappa shape index (κ1) is 31.7. The summed E-state index contributed by atoms with van der Waals surface area (Å²) in [6.45, 7) is 2.88. The Kier molecular flexibility index (Phi) is 10.4. The van der Waals surface area contributed by atoms with Gasteiger partial charge in [0.05, 0.1) is 17.7 Å². The molecule has 4 rings (SSSR count). The lowest BCUT2D eigenvalue weighted by Gasteiger charge is -2.33. The van der Waals surface area contributed by atoms with Gasteiger partial charge in [0.15, 0.2) is 0 Å². The van der Waals surface area contributed by atoms with Gasteiger partial charge in [-0.25, -0.2) is 8.42 Å². The van der Waals surface area contributed by atoms with Gasteiger partial charge >= 0.3 is 0 Å². The lowest BCUT2D eigenvalue weighted by molar-refractivity contribution is -0.139. The van der Waals surface area contributed by atoms with Crippen LogP contribution in [0.15, 0.2) is 71.6 Å². The van der Waals surface area contributed by atoms with Crippen LogP contribution in [0.2, 0.25) is 10.0 Å². The molecule has 42 heavy (non-hydrogen) atoms. The van der Waals surface area contributed by atoms with Gasteiger partial charge in [-0.2, -0.15) is 0 Å². The summed E-state index contributed by atoms with van der Waals surface area (Å²) in [7, 11) is -2.79. The van der Waals surface area contributed by atoms with Crippen LogP contribution in [0.4, 0.5) is 5.69 Å². The minimum absolute atomic E-state index is 0.0196. The number of ether oxygens (including phenoxy) is 1. The highest BCUT2D eigenvalue weighted by atomic mass is 35.5. The largest absolute Gasteiger partial charge is 0.495 e. The van der Waals surface area contributed by atoms with E-state index in [1.807, 2.05) is 6.92 Å². The normalized spacial score (nSPS) is 14.3. The number of anilines is 1. The standard InChI is InChI=1S/C31H35Cl2N3O5S/c1-21-12-16-26(17-13-21)42(39,40)36(28-10-6-7-11-29(28)41-3)20-30(37)35(19-23-14-15-24(32)18-27(23)33)22(2)31(38)34-25-8-4-5-9-25/h6-7,10-18,22,25H,4-5,8-9,19-20H2,1-3H3,(H,34,38)/t22-/m0/s1. The van der Waals surface area contributed by atoms with Gasteiger partial charge in [0, 0.05) is 22.6 Å². The van der Waals surface area contributed by atoms with Gasteiger partial charge in [-0.1, -0.05) is 71.9 Å². The maximum Gasteiger partial charge on any atom is 0.264 e. The molecule has 1 aliphatic rings. The average molecular weight is 633 g/mol. The van der Waals surface area contributed by atoms with Crippen LogP contribution in [0.1, 0.15) is 43.7 Å². The molecule has 0 spiro atoms. The fraction of sp³-hybridized carbons (Fsp3) is 0.355. The molecular formula is C31H35Cl2N3O5S. The number of rotatable bonds is 11. The van der Waals surface area contributed by atoms with E-state index in [9.17, 15) is 18.0 Å². The summed E-state index contributed by atoms with van der Waals surface area (Å²) in [6.07, 6.45) is 3.83. The molecule has 224 valence electrons. The van der Waals surface area contributed by atoms with Crippen molar-refractivity contribution in [2.75, 3.05) is 18.0 Å². The van der Waals surface area contributed by atoms with Crippen LogP contribution < -0.4 is 14.4 Å². The summed E-state index contributed by atoms with van der Waals surface area (Å²) in [5.41, 5.74) is 1.66. The molecule has 1 saturated carbocycles. The second-order valence-electron chi connectivity index (χ2n) is 10.4. The second-order valence-corrected chi connectivity index (χ2v) is 13.1. The Morgan fingerprint density at radius 3 is 2.33 bits per heavy atom. The zero-order valence-electron chi connectivity index (χ0n) is 23.8. The van der Waals surface area contributed by atoms with E-state index >= 15 is 0 Å². The number of aryl methyl sites for hydroxylation is 1. The molecule has 0 radical (unpaired) electrons. The molecule has 0 heterocycles. The first-order chi connectivity index (χ1) is 20.0. The maximum absolute atomic E-state index is 14.2. The molecule has 0 bridgehead atoms. The molecule has 3 aromatic carbocycles. The highest BCUT2D eigenvalue weighted by molar-refractivity contribution is 7.92. The lowest BCUT2D eigenvalue weighted by atomic mass is 10.1. The number of para-hydroxylation sites is 2. The van der Waals surface area contributed by atoms with Crippen LogP contribution in [-0.4, -0.2) is 50.9 Å². The van der Waals surface area contributed by atoms with E-state index in [1.54, 1.807) is 61.5 Å². The van der Waals surface area contributed by atoms with E-state index < -0.39 is 28.5 Å². The third kappa shape index (κ3) is 7.38. The Morgan fingerprint density at radius 2 is 1.69 bits per heavy atom. The molecule has 1 atom stereocenters. The van der Waals surface area contributed by atoms with Gasteiger partial charge in [-0.15, -0.1) is 0 Å². The number of amides is 2. The smallest absolute Gasteiger partial charge is 0.264 e. The van der Waals surface area contributed by atoms with Gasteiger partial charge in [0.25, 0.3) is 10.0 Å². The van der Waals surface area contributed by atoms with Crippen LogP contribution in [0.3, 0.4) is 0 Å². The fourth-order valence-electron chi connectivity index (χ4n) is 4.99. The van der Waals surface area contributed by atoms with Crippen LogP contribution >= 0.6 is 23.2 Å². The minimum Gasteiger partial charge on any atom is -0.495 e. The topological polar surface area (TPSA) is 96.0 Å². The number of nitrogens with one attached hydrogen (secondary N) is 1.